The van der Waals surface area contributed by atoms with E-state index in [1.807, 2.05) is 4.90 Å². The van der Waals surface area contributed by atoms with E-state index >= 15 is 0 Å². The summed E-state index contributed by atoms with van der Waals surface area (Å²) in [6, 6.07) is 0.365. The highest BCUT2D eigenvalue weighted by Crippen LogP contribution is 2.29. The molecule has 4 nitrogen and oxygen atoms in total. The van der Waals surface area contributed by atoms with Crippen LogP contribution in [0.3, 0.4) is 0 Å². The largest absolute Gasteiger partial charge is 0.393 e. The molecule has 104 valence electrons. The van der Waals surface area contributed by atoms with Crippen LogP contribution in [-0.4, -0.2) is 41.3 Å². The smallest absolute Gasteiger partial charge is 0.317 e. The molecule has 2 fully saturated rings. The second-order valence-electron chi connectivity index (χ2n) is 5.84. The number of nitrogens with one attached hydrogen (secondary N) is 1. The Kier molecular flexibility index (Phi) is 4.87. The van der Waals surface area contributed by atoms with Gasteiger partial charge in [0.2, 0.25) is 0 Å². The lowest BCUT2D eigenvalue weighted by atomic mass is 9.93. The summed E-state index contributed by atoms with van der Waals surface area (Å²) in [5, 5.41) is 12.6. The van der Waals surface area contributed by atoms with Crippen molar-refractivity contribution in [3.8, 4) is 0 Å². The Morgan fingerprint density at radius 3 is 2.44 bits per heavy atom. The topological polar surface area (TPSA) is 52.6 Å². The SMILES string of the molecule is CCCN(CC1CC1)C(=O)NC1CCC(O)CC1. The molecule has 2 rings (SSSR count). The summed E-state index contributed by atoms with van der Waals surface area (Å²) in [6.07, 6.45) is 6.89. The number of aliphatic hydroxyl groups is 1. The van der Waals surface area contributed by atoms with Crippen molar-refractivity contribution in [3.05, 3.63) is 0 Å². The van der Waals surface area contributed by atoms with Crippen molar-refractivity contribution in [1.29, 1.82) is 0 Å². The van der Waals surface area contributed by atoms with Gasteiger partial charge in [0.05, 0.1) is 6.10 Å². The molecule has 2 aliphatic rings. The van der Waals surface area contributed by atoms with Gasteiger partial charge in [-0.15, -0.1) is 0 Å². The van der Waals surface area contributed by atoms with Gasteiger partial charge in [0.15, 0.2) is 0 Å². The molecule has 0 heterocycles. The van der Waals surface area contributed by atoms with E-state index in [1.165, 1.54) is 12.8 Å². The standard InChI is InChI=1S/C14H26N2O2/c1-2-9-16(10-11-3-4-11)14(18)15-12-5-7-13(17)8-6-12/h11-13,17H,2-10H2,1H3,(H,15,18). The van der Waals surface area contributed by atoms with Crippen LogP contribution in [0, 0.1) is 5.92 Å². The summed E-state index contributed by atoms with van der Waals surface area (Å²) in [5.41, 5.74) is 0. The first kappa shape index (κ1) is 13.7. The molecule has 2 saturated carbocycles. The predicted octanol–water partition coefficient (Wildman–Crippen LogP) is 2.12. The third-order valence-corrected chi connectivity index (χ3v) is 3.98. The summed E-state index contributed by atoms with van der Waals surface area (Å²) >= 11 is 0. The number of hydrogen-bond donors (Lipinski definition) is 2. The van der Waals surface area contributed by atoms with Gasteiger partial charge in [-0.05, 0) is 50.9 Å². The van der Waals surface area contributed by atoms with Gasteiger partial charge in [0.25, 0.3) is 0 Å². The highest BCUT2D eigenvalue weighted by molar-refractivity contribution is 5.74. The van der Waals surface area contributed by atoms with Crippen molar-refractivity contribution in [1.82, 2.24) is 10.2 Å². The molecule has 0 radical (unpaired) electrons. The average molecular weight is 254 g/mol. The van der Waals surface area contributed by atoms with E-state index in [9.17, 15) is 9.90 Å². The molecule has 0 unspecified atom stereocenters. The van der Waals surface area contributed by atoms with Crippen LogP contribution >= 0.6 is 0 Å². The van der Waals surface area contributed by atoms with Crippen LogP contribution in [-0.2, 0) is 0 Å². The highest BCUT2D eigenvalue weighted by Gasteiger charge is 2.28. The van der Waals surface area contributed by atoms with E-state index < -0.39 is 0 Å². The van der Waals surface area contributed by atoms with E-state index in [1.54, 1.807) is 0 Å². The van der Waals surface area contributed by atoms with Crippen LogP contribution in [0.2, 0.25) is 0 Å². The van der Waals surface area contributed by atoms with Gasteiger partial charge in [-0.25, -0.2) is 4.79 Å². The number of urea groups is 1. The van der Waals surface area contributed by atoms with Crippen molar-refractivity contribution >= 4 is 6.03 Å². The van der Waals surface area contributed by atoms with Gasteiger partial charge in [-0.1, -0.05) is 6.92 Å². The van der Waals surface area contributed by atoms with E-state index in [0.29, 0.717) is 0 Å². The van der Waals surface area contributed by atoms with E-state index in [0.717, 1.165) is 51.1 Å². The fraction of sp³-hybridized carbons (Fsp3) is 0.929. The summed E-state index contributed by atoms with van der Waals surface area (Å²) in [6.45, 7) is 3.90. The van der Waals surface area contributed by atoms with Gasteiger partial charge in [-0.3, -0.25) is 0 Å². The van der Waals surface area contributed by atoms with Crippen molar-refractivity contribution < 1.29 is 9.90 Å². The number of rotatable bonds is 5. The third kappa shape index (κ3) is 4.16. The summed E-state index contributed by atoms with van der Waals surface area (Å²) in [4.78, 5) is 14.2. The van der Waals surface area contributed by atoms with Gasteiger partial charge in [0, 0.05) is 19.1 Å². The molecule has 0 atom stereocenters. The van der Waals surface area contributed by atoms with Crippen LogP contribution in [0.4, 0.5) is 4.79 Å². The molecular weight excluding hydrogens is 228 g/mol. The first-order valence-corrected chi connectivity index (χ1v) is 7.42. The van der Waals surface area contributed by atoms with Gasteiger partial charge in [0.1, 0.15) is 0 Å². The summed E-state index contributed by atoms with van der Waals surface area (Å²) in [7, 11) is 0. The zero-order valence-corrected chi connectivity index (χ0v) is 11.4. The Morgan fingerprint density at radius 2 is 1.89 bits per heavy atom. The number of hydrogen-bond acceptors (Lipinski definition) is 2. The predicted molar refractivity (Wildman–Crippen MR) is 71.4 cm³/mol. The fourth-order valence-electron chi connectivity index (χ4n) is 2.64. The maximum absolute atomic E-state index is 12.2. The lowest BCUT2D eigenvalue weighted by molar-refractivity contribution is 0.115. The molecule has 4 heteroatoms. The minimum atomic E-state index is -0.156. The zero-order chi connectivity index (χ0) is 13.0. The van der Waals surface area contributed by atoms with E-state index in [4.69, 9.17) is 0 Å². The quantitative estimate of drug-likeness (QED) is 0.789. The Labute approximate surface area is 110 Å². The molecule has 2 aliphatic carbocycles. The monoisotopic (exact) mass is 254 g/mol. The number of aliphatic hydroxyl groups excluding tert-OH is 1. The minimum Gasteiger partial charge on any atom is -0.393 e. The summed E-state index contributed by atoms with van der Waals surface area (Å²) < 4.78 is 0. The van der Waals surface area contributed by atoms with Crippen molar-refractivity contribution in [3.63, 3.8) is 0 Å². The molecule has 2 amide bonds. The number of nitrogens with zero attached hydrogens (tertiary/aromatic N) is 1. The molecular formula is C14H26N2O2. The van der Waals surface area contributed by atoms with E-state index in [2.05, 4.69) is 12.2 Å². The maximum atomic E-state index is 12.2. The van der Waals surface area contributed by atoms with Crippen molar-refractivity contribution in [2.75, 3.05) is 13.1 Å². The highest BCUT2D eigenvalue weighted by atomic mass is 16.3. The number of carbonyl (C=O) groups is 1. The Morgan fingerprint density at radius 1 is 1.22 bits per heavy atom. The number of carbonyl (C=O) groups excluding carboxylic acids is 1. The molecule has 0 spiro atoms. The fourth-order valence-corrected chi connectivity index (χ4v) is 2.64. The second-order valence-corrected chi connectivity index (χ2v) is 5.84. The van der Waals surface area contributed by atoms with Crippen molar-refractivity contribution in [2.45, 2.75) is 64.0 Å². The van der Waals surface area contributed by atoms with Crippen LogP contribution in [0.1, 0.15) is 51.9 Å². The first-order valence-electron chi connectivity index (χ1n) is 7.42. The van der Waals surface area contributed by atoms with Crippen molar-refractivity contribution in [2.24, 2.45) is 5.92 Å². The first-order chi connectivity index (χ1) is 8.69. The Balaban J connectivity index is 1.76. The van der Waals surface area contributed by atoms with Crippen LogP contribution in [0.15, 0.2) is 0 Å². The third-order valence-electron chi connectivity index (χ3n) is 3.98. The molecule has 0 saturated heterocycles. The molecule has 0 aromatic heterocycles. The van der Waals surface area contributed by atoms with Crippen LogP contribution in [0.5, 0.6) is 0 Å². The number of amides is 2. The molecule has 0 aliphatic heterocycles. The minimum absolute atomic E-state index is 0.102. The summed E-state index contributed by atoms with van der Waals surface area (Å²) in [5.74, 6) is 0.746. The lowest BCUT2D eigenvalue weighted by Gasteiger charge is -2.29. The molecule has 18 heavy (non-hydrogen) atoms. The molecule has 2 N–H and O–H groups in total. The molecule has 0 bridgehead atoms. The second kappa shape index (κ2) is 6.41. The molecule has 0 aromatic rings. The van der Waals surface area contributed by atoms with Gasteiger partial charge >= 0.3 is 6.03 Å². The maximum Gasteiger partial charge on any atom is 0.317 e. The van der Waals surface area contributed by atoms with Crippen LogP contribution in [0.25, 0.3) is 0 Å². The van der Waals surface area contributed by atoms with E-state index in [-0.39, 0.29) is 18.2 Å². The average Bonchev–Trinajstić information content (AvgIpc) is 3.15. The van der Waals surface area contributed by atoms with Gasteiger partial charge in [-0.2, -0.15) is 0 Å². The van der Waals surface area contributed by atoms with Gasteiger partial charge < -0.3 is 15.3 Å². The van der Waals surface area contributed by atoms with Crippen LogP contribution < -0.4 is 5.32 Å². The molecule has 0 aromatic carbocycles. The lowest BCUT2D eigenvalue weighted by Crippen LogP contribution is -2.47. The normalized spacial score (nSPS) is 27.9. The Bertz CT molecular complexity index is 271. The Hall–Kier alpha value is -0.770. The zero-order valence-electron chi connectivity index (χ0n) is 11.4.